The fourth-order valence-electron chi connectivity index (χ4n) is 3.26. The quantitative estimate of drug-likeness (QED) is 0.594. The van der Waals surface area contributed by atoms with Gasteiger partial charge in [0.1, 0.15) is 0 Å². The van der Waals surface area contributed by atoms with Crippen molar-refractivity contribution >= 4 is 29.9 Å². The number of para-hydroxylation sites is 1. The van der Waals surface area contributed by atoms with Gasteiger partial charge in [0.05, 0.1) is 17.8 Å². The second-order valence-electron chi connectivity index (χ2n) is 7.27. The molecule has 1 atom stereocenters. The van der Waals surface area contributed by atoms with E-state index in [9.17, 15) is 4.79 Å². The third kappa shape index (κ3) is 5.38. The Bertz CT molecular complexity index is 953. The molecule has 0 bridgehead atoms. The van der Waals surface area contributed by atoms with Gasteiger partial charge in [-0.3, -0.25) is 4.79 Å². The number of hydrogen-bond acceptors (Lipinski definition) is 3. The number of carbonyl (C=O) groups excluding carboxylic acids is 1. The molecule has 1 fully saturated rings. The van der Waals surface area contributed by atoms with Crippen molar-refractivity contribution in [2.75, 3.05) is 6.54 Å². The van der Waals surface area contributed by atoms with E-state index in [0.29, 0.717) is 17.5 Å². The first-order valence-electron chi connectivity index (χ1n) is 9.52. The fraction of sp³-hybridized carbons (Fsp3) is 0.273. The fourth-order valence-corrected chi connectivity index (χ4v) is 3.39. The van der Waals surface area contributed by atoms with Crippen molar-refractivity contribution in [2.45, 2.75) is 25.3 Å². The summed E-state index contributed by atoms with van der Waals surface area (Å²) in [5, 5.41) is 8.37. The normalized spacial score (nSPS) is 14.1. The minimum atomic E-state index is -0.0427. The van der Waals surface area contributed by atoms with Crippen LogP contribution in [0.15, 0.2) is 60.8 Å². The van der Waals surface area contributed by atoms with Gasteiger partial charge < -0.3 is 11.1 Å². The van der Waals surface area contributed by atoms with Crippen molar-refractivity contribution < 1.29 is 4.79 Å². The standard InChI is InChI=1S/C22H23ClN4O.ClH/c23-18-10-8-16(9-11-18)22-17(12-21(28)25-13-20(24)15-6-7-15)14-27(26-22)19-4-2-1-3-5-19;/h1-5,8-11,14-15,20H,6-7,12-13,24H2,(H,25,28);1H. The van der Waals surface area contributed by atoms with E-state index in [1.54, 1.807) is 0 Å². The van der Waals surface area contributed by atoms with Gasteiger partial charge in [-0.15, -0.1) is 12.4 Å². The summed E-state index contributed by atoms with van der Waals surface area (Å²) in [4.78, 5) is 12.5. The van der Waals surface area contributed by atoms with E-state index >= 15 is 0 Å². The Balaban J connectivity index is 0.00000240. The van der Waals surface area contributed by atoms with Crippen LogP contribution in [0.3, 0.4) is 0 Å². The summed E-state index contributed by atoms with van der Waals surface area (Å²) < 4.78 is 1.81. The van der Waals surface area contributed by atoms with Crippen LogP contribution in [-0.4, -0.2) is 28.3 Å². The molecule has 1 unspecified atom stereocenters. The van der Waals surface area contributed by atoms with Gasteiger partial charge in [0, 0.05) is 34.9 Å². The van der Waals surface area contributed by atoms with E-state index in [0.717, 1.165) is 22.5 Å². The summed E-state index contributed by atoms with van der Waals surface area (Å²) in [6.07, 6.45) is 4.51. The average molecular weight is 431 g/mol. The minimum absolute atomic E-state index is 0. The molecule has 5 nitrogen and oxygen atoms in total. The predicted octanol–water partition coefficient (Wildman–Crippen LogP) is 4.01. The highest BCUT2D eigenvalue weighted by Crippen LogP contribution is 2.31. The molecule has 4 rings (SSSR count). The second-order valence-corrected chi connectivity index (χ2v) is 7.71. The number of nitrogens with two attached hydrogens (primary N) is 1. The average Bonchev–Trinajstić information content (AvgIpc) is 3.49. The molecular weight excluding hydrogens is 407 g/mol. The summed E-state index contributed by atoms with van der Waals surface area (Å²) >= 11 is 6.02. The molecular formula is C22H24Cl2N4O. The Labute approximate surface area is 181 Å². The first kappa shape index (κ1) is 21.4. The number of carbonyl (C=O) groups is 1. The molecule has 7 heteroatoms. The Morgan fingerprint density at radius 2 is 1.86 bits per heavy atom. The van der Waals surface area contributed by atoms with Crippen molar-refractivity contribution in [3.05, 3.63) is 71.4 Å². The first-order valence-corrected chi connectivity index (χ1v) is 9.90. The molecule has 1 aliphatic rings. The van der Waals surface area contributed by atoms with Gasteiger partial charge in [-0.05, 0) is 43.0 Å². The molecule has 0 saturated heterocycles. The van der Waals surface area contributed by atoms with E-state index in [4.69, 9.17) is 22.4 Å². The van der Waals surface area contributed by atoms with E-state index < -0.39 is 0 Å². The summed E-state index contributed by atoms with van der Waals surface area (Å²) in [6.45, 7) is 0.520. The van der Waals surface area contributed by atoms with Crippen molar-refractivity contribution in [2.24, 2.45) is 11.7 Å². The molecule has 1 saturated carbocycles. The summed E-state index contributed by atoms with van der Waals surface area (Å²) in [5.74, 6) is 0.518. The number of aromatic nitrogens is 2. The Kier molecular flexibility index (Phi) is 6.96. The van der Waals surface area contributed by atoms with Crippen molar-refractivity contribution in [1.82, 2.24) is 15.1 Å². The molecule has 1 aliphatic carbocycles. The van der Waals surface area contributed by atoms with Crippen LogP contribution in [0.1, 0.15) is 18.4 Å². The Morgan fingerprint density at radius 3 is 2.52 bits per heavy atom. The third-order valence-corrected chi connectivity index (χ3v) is 5.29. The lowest BCUT2D eigenvalue weighted by Gasteiger charge is -2.11. The number of hydrogen-bond donors (Lipinski definition) is 2. The van der Waals surface area contributed by atoms with Gasteiger partial charge >= 0.3 is 0 Å². The monoisotopic (exact) mass is 430 g/mol. The minimum Gasteiger partial charge on any atom is -0.354 e. The van der Waals surface area contributed by atoms with E-state index in [2.05, 4.69) is 5.32 Å². The van der Waals surface area contributed by atoms with Crippen LogP contribution >= 0.6 is 24.0 Å². The lowest BCUT2D eigenvalue weighted by atomic mass is 10.1. The number of benzene rings is 2. The van der Waals surface area contributed by atoms with Crippen molar-refractivity contribution in [3.8, 4) is 16.9 Å². The van der Waals surface area contributed by atoms with Crippen LogP contribution in [0.4, 0.5) is 0 Å². The number of amides is 1. The first-order chi connectivity index (χ1) is 13.6. The van der Waals surface area contributed by atoms with Gasteiger partial charge in [0.25, 0.3) is 0 Å². The zero-order valence-electron chi connectivity index (χ0n) is 15.9. The number of halogens is 2. The maximum Gasteiger partial charge on any atom is 0.224 e. The van der Waals surface area contributed by atoms with Gasteiger partial charge in [0.2, 0.25) is 5.91 Å². The van der Waals surface area contributed by atoms with Crippen LogP contribution in [-0.2, 0) is 11.2 Å². The van der Waals surface area contributed by atoms with Crippen LogP contribution < -0.4 is 11.1 Å². The summed E-state index contributed by atoms with van der Waals surface area (Å²) in [5.41, 5.74) is 9.61. The number of nitrogens with zero attached hydrogens (tertiary/aromatic N) is 2. The molecule has 1 heterocycles. The predicted molar refractivity (Wildman–Crippen MR) is 119 cm³/mol. The largest absolute Gasteiger partial charge is 0.354 e. The van der Waals surface area contributed by atoms with Crippen LogP contribution in [0.5, 0.6) is 0 Å². The molecule has 0 aliphatic heterocycles. The molecule has 152 valence electrons. The molecule has 2 aromatic carbocycles. The summed E-state index contributed by atoms with van der Waals surface area (Å²) in [6, 6.07) is 17.4. The SMILES string of the molecule is Cl.NC(CNC(=O)Cc1cn(-c2ccccc2)nc1-c1ccc(Cl)cc1)C1CC1. The zero-order chi connectivity index (χ0) is 19.5. The van der Waals surface area contributed by atoms with Crippen LogP contribution in [0.25, 0.3) is 16.9 Å². The highest BCUT2D eigenvalue weighted by Gasteiger charge is 2.28. The molecule has 29 heavy (non-hydrogen) atoms. The smallest absolute Gasteiger partial charge is 0.224 e. The van der Waals surface area contributed by atoms with Gasteiger partial charge in [0.15, 0.2) is 0 Å². The molecule has 3 N–H and O–H groups in total. The van der Waals surface area contributed by atoms with E-state index in [1.807, 2.05) is 65.5 Å². The molecule has 1 aromatic heterocycles. The van der Waals surface area contributed by atoms with Crippen molar-refractivity contribution in [3.63, 3.8) is 0 Å². The molecule has 0 radical (unpaired) electrons. The lowest BCUT2D eigenvalue weighted by Crippen LogP contribution is -2.39. The molecule has 3 aromatic rings. The van der Waals surface area contributed by atoms with E-state index in [1.165, 1.54) is 12.8 Å². The van der Waals surface area contributed by atoms with Gasteiger partial charge in [-0.1, -0.05) is 41.9 Å². The van der Waals surface area contributed by atoms with Crippen molar-refractivity contribution in [1.29, 1.82) is 0 Å². The maximum absolute atomic E-state index is 12.5. The van der Waals surface area contributed by atoms with Crippen LogP contribution in [0.2, 0.25) is 5.02 Å². The number of rotatable bonds is 7. The van der Waals surface area contributed by atoms with Gasteiger partial charge in [-0.2, -0.15) is 5.10 Å². The zero-order valence-corrected chi connectivity index (χ0v) is 17.5. The molecule has 0 spiro atoms. The molecule has 1 amide bonds. The van der Waals surface area contributed by atoms with Gasteiger partial charge in [-0.25, -0.2) is 4.68 Å². The Morgan fingerprint density at radius 1 is 1.17 bits per heavy atom. The highest BCUT2D eigenvalue weighted by molar-refractivity contribution is 6.30. The Hall–Kier alpha value is -2.34. The highest BCUT2D eigenvalue weighted by atomic mass is 35.5. The van der Waals surface area contributed by atoms with Crippen LogP contribution in [0, 0.1) is 5.92 Å². The number of nitrogens with one attached hydrogen (secondary N) is 1. The topological polar surface area (TPSA) is 72.9 Å². The lowest BCUT2D eigenvalue weighted by molar-refractivity contribution is -0.120. The second kappa shape index (κ2) is 9.44. The third-order valence-electron chi connectivity index (χ3n) is 5.04. The van der Waals surface area contributed by atoms with E-state index in [-0.39, 0.29) is 30.8 Å². The maximum atomic E-state index is 12.5. The summed E-state index contributed by atoms with van der Waals surface area (Å²) in [7, 11) is 0.